The maximum atomic E-state index is 11.4. The molecule has 6 heteroatoms. The second-order valence-corrected chi connectivity index (χ2v) is 5.27. The van der Waals surface area contributed by atoms with Crippen LogP contribution < -0.4 is 14.2 Å². The maximum Gasteiger partial charge on any atom is 0.339 e. The number of benzene rings is 1. The van der Waals surface area contributed by atoms with E-state index in [2.05, 4.69) is 0 Å². The Balaban J connectivity index is 1.82. The fraction of sp³-hybridized carbons (Fsp3) is 0.533. The lowest BCUT2D eigenvalue weighted by Crippen LogP contribution is -2.29. The van der Waals surface area contributed by atoms with Gasteiger partial charge >= 0.3 is 5.97 Å². The van der Waals surface area contributed by atoms with Crippen molar-refractivity contribution in [3.8, 4) is 17.2 Å². The average Bonchev–Trinajstić information content (AvgIpc) is 2.93. The normalized spacial score (nSPS) is 23.9. The summed E-state index contributed by atoms with van der Waals surface area (Å²) in [6.45, 7) is 0.104. The topological polar surface area (TPSA) is 74.2 Å². The molecule has 2 unspecified atom stereocenters. The van der Waals surface area contributed by atoms with Gasteiger partial charge in [0.25, 0.3) is 0 Å². The Kier molecular flexibility index (Phi) is 3.88. The summed E-state index contributed by atoms with van der Waals surface area (Å²) in [7, 11) is 1.69. The van der Waals surface area contributed by atoms with Gasteiger partial charge in [0.2, 0.25) is 6.79 Å². The van der Waals surface area contributed by atoms with Crippen molar-refractivity contribution in [1.82, 2.24) is 0 Å². The zero-order valence-corrected chi connectivity index (χ0v) is 11.8. The number of ether oxygens (including phenoxy) is 4. The molecular formula is C15H18O6. The molecule has 114 valence electrons. The van der Waals surface area contributed by atoms with Crippen molar-refractivity contribution in [3.05, 3.63) is 17.7 Å². The summed E-state index contributed by atoms with van der Waals surface area (Å²) in [6, 6.07) is 3.05. The first-order chi connectivity index (χ1) is 10.2. The summed E-state index contributed by atoms with van der Waals surface area (Å²) in [4.78, 5) is 11.4. The lowest BCUT2D eigenvalue weighted by Gasteiger charge is -2.29. The summed E-state index contributed by atoms with van der Waals surface area (Å²) >= 11 is 0. The molecule has 1 aliphatic carbocycles. The van der Waals surface area contributed by atoms with Crippen molar-refractivity contribution in [2.45, 2.75) is 37.9 Å². The highest BCUT2D eigenvalue weighted by Crippen LogP contribution is 2.39. The van der Waals surface area contributed by atoms with E-state index in [0.717, 1.165) is 25.7 Å². The van der Waals surface area contributed by atoms with Crippen LogP contribution in [0.2, 0.25) is 0 Å². The largest absolute Gasteiger partial charge is 0.489 e. The molecule has 0 saturated heterocycles. The number of hydrogen-bond donors (Lipinski definition) is 1. The Hall–Kier alpha value is -1.95. The number of fused-ring (bicyclic) bond motifs is 1. The highest BCUT2D eigenvalue weighted by Gasteiger charge is 2.27. The first-order valence-corrected chi connectivity index (χ1v) is 7.03. The molecule has 6 nitrogen and oxygen atoms in total. The minimum atomic E-state index is -1.04. The number of carbonyl (C=O) groups is 1. The molecule has 1 aromatic carbocycles. The summed E-state index contributed by atoms with van der Waals surface area (Å²) in [6.07, 6.45) is 3.82. The number of carboxylic acids is 1. The van der Waals surface area contributed by atoms with E-state index in [1.165, 1.54) is 6.07 Å². The van der Waals surface area contributed by atoms with Gasteiger partial charge in [-0.05, 0) is 19.3 Å². The molecule has 1 N–H and O–H groups in total. The molecule has 1 aromatic rings. The first kappa shape index (κ1) is 14.0. The zero-order chi connectivity index (χ0) is 14.8. The molecule has 1 heterocycles. The predicted octanol–water partition coefficient (Wildman–Crippen LogP) is 2.45. The van der Waals surface area contributed by atoms with Crippen LogP contribution in [0, 0.1) is 0 Å². The zero-order valence-electron chi connectivity index (χ0n) is 11.8. The molecule has 21 heavy (non-hydrogen) atoms. The molecule has 0 aromatic heterocycles. The molecule has 2 aliphatic rings. The van der Waals surface area contributed by atoms with Crippen molar-refractivity contribution in [2.24, 2.45) is 0 Å². The smallest absolute Gasteiger partial charge is 0.339 e. The van der Waals surface area contributed by atoms with E-state index < -0.39 is 5.97 Å². The lowest BCUT2D eigenvalue weighted by molar-refractivity contribution is 0.0204. The van der Waals surface area contributed by atoms with Crippen LogP contribution in [-0.4, -0.2) is 37.2 Å². The Labute approximate surface area is 122 Å². The van der Waals surface area contributed by atoms with E-state index >= 15 is 0 Å². The van der Waals surface area contributed by atoms with E-state index in [4.69, 9.17) is 18.9 Å². The van der Waals surface area contributed by atoms with Crippen LogP contribution in [0.1, 0.15) is 36.0 Å². The van der Waals surface area contributed by atoms with Crippen LogP contribution in [0.25, 0.3) is 0 Å². The fourth-order valence-corrected chi connectivity index (χ4v) is 2.79. The van der Waals surface area contributed by atoms with Gasteiger partial charge in [0.15, 0.2) is 11.5 Å². The van der Waals surface area contributed by atoms with Crippen molar-refractivity contribution in [3.63, 3.8) is 0 Å². The summed E-state index contributed by atoms with van der Waals surface area (Å²) in [5.74, 6) is 0.253. The Morgan fingerprint density at radius 2 is 1.95 bits per heavy atom. The van der Waals surface area contributed by atoms with Gasteiger partial charge in [-0.1, -0.05) is 0 Å². The van der Waals surface area contributed by atoms with E-state index in [-0.39, 0.29) is 24.6 Å². The Bertz CT molecular complexity index is 541. The van der Waals surface area contributed by atoms with Gasteiger partial charge in [-0.3, -0.25) is 0 Å². The van der Waals surface area contributed by atoms with Crippen molar-refractivity contribution >= 4 is 5.97 Å². The first-order valence-electron chi connectivity index (χ1n) is 7.03. The molecule has 0 amide bonds. The maximum absolute atomic E-state index is 11.4. The van der Waals surface area contributed by atoms with E-state index in [1.54, 1.807) is 13.2 Å². The minimum absolute atomic E-state index is 0.0397. The Morgan fingerprint density at radius 1 is 1.24 bits per heavy atom. The molecule has 1 aliphatic heterocycles. The standard InChI is InChI=1S/C15H18O6/c1-18-9-3-2-4-10(5-9)21-12-7-14-13(19-8-20-14)6-11(12)15(16)17/h6-7,9-10H,2-5,8H2,1H3,(H,16,17). The van der Waals surface area contributed by atoms with E-state index in [9.17, 15) is 9.90 Å². The van der Waals surface area contributed by atoms with Gasteiger partial charge in [-0.2, -0.15) is 0 Å². The molecule has 2 atom stereocenters. The van der Waals surface area contributed by atoms with Gasteiger partial charge in [-0.15, -0.1) is 0 Å². The lowest BCUT2D eigenvalue weighted by atomic mass is 9.95. The number of carboxylic acid groups (broad SMARTS) is 1. The highest BCUT2D eigenvalue weighted by atomic mass is 16.7. The third-order valence-electron chi connectivity index (χ3n) is 3.91. The van der Waals surface area contributed by atoms with Crippen molar-refractivity contribution < 1.29 is 28.8 Å². The molecule has 1 fully saturated rings. The van der Waals surface area contributed by atoms with Gasteiger partial charge < -0.3 is 24.1 Å². The average molecular weight is 294 g/mol. The molecule has 3 rings (SSSR count). The second-order valence-electron chi connectivity index (χ2n) is 5.27. The van der Waals surface area contributed by atoms with Crippen molar-refractivity contribution in [2.75, 3.05) is 13.9 Å². The van der Waals surface area contributed by atoms with Crippen LogP contribution in [0.15, 0.2) is 12.1 Å². The summed E-state index contributed by atoms with van der Waals surface area (Å²) < 4.78 is 21.8. The van der Waals surface area contributed by atoms with Gasteiger partial charge in [-0.25, -0.2) is 4.79 Å². The van der Waals surface area contributed by atoms with E-state index in [0.29, 0.717) is 17.2 Å². The predicted molar refractivity (Wildman–Crippen MR) is 73.2 cm³/mol. The van der Waals surface area contributed by atoms with Crippen LogP contribution in [-0.2, 0) is 4.74 Å². The highest BCUT2D eigenvalue weighted by molar-refractivity contribution is 5.92. The van der Waals surface area contributed by atoms with Gasteiger partial charge in [0.1, 0.15) is 17.4 Å². The summed E-state index contributed by atoms with van der Waals surface area (Å²) in [5.41, 5.74) is 0.0961. The number of rotatable bonds is 4. The fourth-order valence-electron chi connectivity index (χ4n) is 2.79. The third-order valence-corrected chi connectivity index (χ3v) is 3.91. The van der Waals surface area contributed by atoms with Gasteiger partial charge in [0, 0.05) is 25.7 Å². The van der Waals surface area contributed by atoms with E-state index in [1.807, 2.05) is 0 Å². The number of hydrogen-bond acceptors (Lipinski definition) is 5. The SMILES string of the molecule is COC1CCCC(Oc2cc3c(cc2C(=O)O)OCO3)C1. The minimum Gasteiger partial charge on any atom is -0.489 e. The monoisotopic (exact) mass is 294 g/mol. The molecule has 0 bridgehead atoms. The van der Waals surface area contributed by atoms with Crippen LogP contribution in [0.5, 0.6) is 17.2 Å². The molecular weight excluding hydrogens is 276 g/mol. The number of methoxy groups -OCH3 is 1. The molecule has 1 saturated carbocycles. The number of aromatic carboxylic acids is 1. The molecule has 0 spiro atoms. The third kappa shape index (κ3) is 2.90. The van der Waals surface area contributed by atoms with Crippen molar-refractivity contribution in [1.29, 1.82) is 0 Å². The van der Waals surface area contributed by atoms with Crippen LogP contribution >= 0.6 is 0 Å². The summed E-state index contributed by atoms with van der Waals surface area (Å²) in [5, 5.41) is 9.32. The quantitative estimate of drug-likeness (QED) is 0.919. The van der Waals surface area contributed by atoms with Crippen LogP contribution in [0.4, 0.5) is 0 Å². The van der Waals surface area contributed by atoms with Crippen LogP contribution in [0.3, 0.4) is 0 Å². The van der Waals surface area contributed by atoms with Gasteiger partial charge in [0.05, 0.1) is 6.10 Å². The second kappa shape index (κ2) is 5.81. The Morgan fingerprint density at radius 3 is 2.67 bits per heavy atom. The molecule has 0 radical (unpaired) electrons.